The fourth-order valence-corrected chi connectivity index (χ4v) is 6.06. The first-order valence-electron chi connectivity index (χ1n) is 11.3. The van der Waals surface area contributed by atoms with E-state index in [0.29, 0.717) is 11.3 Å². The molecule has 2 aromatic carbocycles. The molecule has 1 saturated carbocycles. The summed E-state index contributed by atoms with van der Waals surface area (Å²) in [6.45, 7) is 9.08. The van der Waals surface area contributed by atoms with Gasteiger partial charge in [0.1, 0.15) is 0 Å². The highest BCUT2D eigenvalue weighted by molar-refractivity contribution is 7.17. The fourth-order valence-electron chi connectivity index (χ4n) is 4.72. The van der Waals surface area contributed by atoms with Crippen molar-refractivity contribution in [3.05, 3.63) is 69.8 Å². The van der Waals surface area contributed by atoms with E-state index in [9.17, 15) is 0 Å². The van der Waals surface area contributed by atoms with Gasteiger partial charge in [-0.25, -0.2) is 0 Å². The lowest BCUT2D eigenvalue weighted by atomic mass is 9.67. The molecule has 0 nitrogen and oxygen atoms in total. The van der Waals surface area contributed by atoms with Crippen molar-refractivity contribution in [2.45, 2.75) is 77.5 Å². The normalized spacial score (nSPS) is 21.2. The van der Waals surface area contributed by atoms with Gasteiger partial charge >= 0.3 is 0 Å². The summed E-state index contributed by atoms with van der Waals surface area (Å²) >= 11 is 0. The van der Waals surface area contributed by atoms with Gasteiger partial charge in [-0.1, -0.05) is 64.1 Å². The molecule has 0 spiro atoms. The third-order valence-corrected chi connectivity index (χ3v) is 8.62. The van der Waals surface area contributed by atoms with Gasteiger partial charge in [0.15, 0.2) is 0 Å². The Labute approximate surface area is 177 Å². The molecule has 0 saturated heterocycles. The highest BCUT2D eigenvalue weighted by Crippen LogP contribution is 2.55. The van der Waals surface area contributed by atoms with E-state index < -0.39 is 0 Å². The SMILES string of the molecule is CCc1cc(CC)cc(C(P)C2CCC2C(P)c2cc(CC)cc(CC)c2)c1. The van der Waals surface area contributed by atoms with Crippen LogP contribution in [0.15, 0.2) is 36.4 Å². The lowest BCUT2D eigenvalue weighted by Crippen LogP contribution is -2.32. The lowest BCUT2D eigenvalue weighted by Gasteiger charge is -2.44. The van der Waals surface area contributed by atoms with E-state index >= 15 is 0 Å². The molecule has 1 fully saturated rings. The van der Waals surface area contributed by atoms with E-state index in [2.05, 4.69) is 82.6 Å². The number of aryl methyl sites for hydroxylation is 4. The fraction of sp³-hybridized carbons (Fsp3) is 0.538. The van der Waals surface area contributed by atoms with Crippen LogP contribution in [0.1, 0.15) is 85.2 Å². The van der Waals surface area contributed by atoms with Gasteiger partial charge in [-0.3, -0.25) is 0 Å². The van der Waals surface area contributed by atoms with Gasteiger partial charge < -0.3 is 0 Å². The minimum absolute atomic E-state index is 0.568. The van der Waals surface area contributed by atoms with Gasteiger partial charge in [0, 0.05) is 11.3 Å². The smallest absolute Gasteiger partial charge is 0.00168 e. The van der Waals surface area contributed by atoms with E-state index in [4.69, 9.17) is 0 Å². The molecule has 3 rings (SSSR count). The van der Waals surface area contributed by atoms with Crippen LogP contribution in [0, 0.1) is 11.8 Å². The van der Waals surface area contributed by atoms with Gasteiger partial charge in [-0.15, -0.1) is 18.5 Å². The third-order valence-electron chi connectivity index (χ3n) is 6.86. The van der Waals surface area contributed by atoms with Crippen molar-refractivity contribution in [1.29, 1.82) is 0 Å². The summed E-state index contributed by atoms with van der Waals surface area (Å²) in [5.41, 5.74) is 10.2. The average molecular weight is 413 g/mol. The molecule has 0 heterocycles. The van der Waals surface area contributed by atoms with Crippen LogP contribution in [0.5, 0.6) is 0 Å². The molecule has 0 N–H and O–H groups in total. The third kappa shape index (κ3) is 4.71. The molecule has 0 radical (unpaired) electrons. The summed E-state index contributed by atoms with van der Waals surface area (Å²) in [4.78, 5) is 0. The summed E-state index contributed by atoms with van der Waals surface area (Å²) in [5, 5.41) is 0. The zero-order valence-corrected chi connectivity index (χ0v) is 20.5. The number of rotatable bonds is 8. The number of hydrogen-bond donors (Lipinski definition) is 0. The Bertz CT molecular complexity index is 683. The van der Waals surface area contributed by atoms with Gasteiger partial charge in [0.25, 0.3) is 0 Å². The number of hydrogen-bond acceptors (Lipinski definition) is 0. The summed E-state index contributed by atoms with van der Waals surface area (Å²) in [5.74, 6) is 1.53. The minimum atomic E-state index is 0.568. The van der Waals surface area contributed by atoms with E-state index in [1.807, 2.05) is 0 Å². The van der Waals surface area contributed by atoms with Crippen molar-refractivity contribution >= 4 is 18.5 Å². The van der Waals surface area contributed by atoms with Crippen LogP contribution in [-0.2, 0) is 25.7 Å². The Morgan fingerprint density at radius 1 is 0.607 bits per heavy atom. The van der Waals surface area contributed by atoms with E-state index in [0.717, 1.165) is 37.5 Å². The molecule has 6 unspecified atom stereocenters. The molecule has 0 amide bonds. The summed E-state index contributed by atoms with van der Waals surface area (Å²) in [6, 6.07) is 14.6. The topological polar surface area (TPSA) is 0 Å². The maximum Gasteiger partial charge on any atom is 0.00168 e. The molecule has 152 valence electrons. The second-order valence-corrected chi connectivity index (χ2v) is 9.97. The monoisotopic (exact) mass is 412 g/mol. The van der Waals surface area contributed by atoms with Gasteiger partial charge in [-0.2, -0.15) is 0 Å². The van der Waals surface area contributed by atoms with Gasteiger partial charge in [0.05, 0.1) is 0 Å². The minimum Gasteiger partial charge on any atom is -0.129 e. The van der Waals surface area contributed by atoms with Crippen molar-refractivity contribution < 1.29 is 0 Å². The molecule has 6 atom stereocenters. The summed E-state index contributed by atoms with van der Waals surface area (Å²) in [6.07, 6.45) is 7.22. The highest BCUT2D eigenvalue weighted by atomic mass is 31.0. The molecular formula is C26H38P2. The van der Waals surface area contributed by atoms with E-state index in [-0.39, 0.29) is 0 Å². The molecule has 2 heteroatoms. The molecule has 2 aromatic rings. The molecule has 0 bridgehead atoms. The molecule has 0 aromatic heterocycles. The zero-order chi connectivity index (χ0) is 20.3. The van der Waals surface area contributed by atoms with Gasteiger partial charge in [-0.05, 0) is 83.7 Å². The van der Waals surface area contributed by atoms with Crippen molar-refractivity contribution in [3.8, 4) is 0 Å². The Morgan fingerprint density at radius 3 is 1.11 bits per heavy atom. The first-order valence-corrected chi connectivity index (χ1v) is 12.6. The maximum atomic E-state index is 3.20. The van der Waals surface area contributed by atoms with Crippen LogP contribution in [0.3, 0.4) is 0 Å². The van der Waals surface area contributed by atoms with E-state index in [1.54, 1.807) is 0 Å². The largest absolute Gasteiger partial charge is 0.129 e. The lowest BCUT2D eigenvalue weighted by molar-refractivity contribution is 0.167. The maximum absolute atomic E-state index is 3.20. The van der Waals surface area contributed by atoms with Crippen molar-refractivity contribution in [1.82, 2.24) is 0 Å². The Morgan fingerprint density at radius 2 is 0.893 bits per heavy atom. The van der Waals surface area contributed by atoms with Crippen molar-refractivity contribution in [3.63, 3.8) is 0 Å². The predicted molar refractivity (Wildman–Crippen MR) is 132 cm³/mol. The van der Waals surface area contributed by atoms with Gasteiger partial charge in [0.2, 0.25) is 0 Å². The van der Waals surface area contributed by atoms with Crippen molar-refractivity contribution in [2.75, 3.05) is 0 Å². The second-order valence-electron chi connectivity index (χ2n) is 8.54. The summed E-state index contributed by atoms with van der Waals surface area (Å²) < 4.78 is 0. The number of benzene rings is 2. The Kier molecular flexibility index (Phi) is 7.75. The van der Waals surface area contributed by atoms with E-state index in [1.165, 1.54) is 46.2 Å². The highest BCUT2D eigenvalue weighted by Gasteiger charge is 2.39. The van der Waals surface area contributed by atoms with Crippen molar-refractivity contribution in [2.24, 2.45) is 11.8 Å². The first kappa shape index (κ1) is 22.0. The Hall–Kier alpha value is -0.700. The zero-order valence-electron chi connectivity index (χ0n) is 18.2. The molecule has 0 aliphatic heterocycles. The van der Waals surface area contributed by atoms with Crippen LogP contribution in [0.4, 0.5) is 0 Å². The first-order chi connectivity index (χ1) is 13.5. The average Bonchev–Trinajstić information content (AvgIpc) is 2.71. The Balaban J connectivity index is 1.82. The molecule has 1 aliphatic carbocycles. The molecule has 28 heavy (non-hydrogen) atoms. The van der Waals surface area contributed by atoms with Crippen LogP contribution >= 0.6 is 18.5 Å². The molecule has 1 aliphatic rings. The standard InChI is InChI=1S/C26H38P2/c1-5-17-11-18(6-2)14-21(13-17)25(27)23-9-10-24(23)26(28)22-15-19(7-3)12-20(8-4)16-22/h11-16,23-26H,5-10,27-28H2,1-4H3. The van der Waals surface area contributed by atoms with Crippen LogP contribution in [0.25, 0.3) is 0 Å². The van der Waals surface area contributed by atoms with Crippen LogP contribution < -0.4 is 0 Å². The summed E-state index contributed by atoms with van der Waals surface area (Å²) in [7, 11) is 6.41. The predicted octanol–water partition coefficient (Wildman–Crippen LogP) is 7.50. The van der Waals surface area contributed by atoms with Crippen LogP contribution in [-0.4, -0.2) is 0 Å². The van der Waals surface area contributed by atoms with Crippen LogP contribution in [0.2, 0.25) is 0 Å². The molecular weight excluding hydrogens is 374 g/mol. The quantitative estimate of drug-likeness (QED) is 0.394. The second kappa shape index (κ2) is 9.87.